The molecule has 0 heterocycles. The molecule has 1 aliphatic carbocycles. The maximum absolute atomic E-state index is 12.3. The Hall–Kier alpha value is -1.35. The zero-order valence-electron chi connectivity index (χ0n) is 12.8. The van der Waals surface area contributed by atoms with Crippen LogP contribution in [0.3, 0.4) is 0 Å². The molecule has 0 bridgehead atoms. The van der Waals surface area contributed by atoms with Crippen molar-refractivity contribution in [1.29, 1.82) is 0 Å². The van der Waals surface area contributed by atoms with E-state index in [4.69, 9.17) is 5.73 Å². The highest BCUT2D eigenvalue weighted by molar-refractivity contribution is 5.79. The summed E-state index contributed by atoms with van der Waals surface area (Å²) in [7, 11) is 0. The molecule has 3 N–H and O–H groups in total. The molecule has 1 atom stereocenters. The van der Waals surface area contributed by atoms with Gasteiger partial charge in [-0.25, -0.2) is 0 Å². The number of rotatable bonds is 3. The summed E-state index contributed by atoms with van der Waals surface area (Å²) in [5, 5.41) is 3.16. The predicted octanol–water partition coefficient (Wildman–Crippen LogP) is 3.00. The predicted molar refractivity (Wildman–Crippen MR) is 82.4 cm³/mol. The molecule has 1 fully saturated rings. The Balaban J connectivity index is 1.96. The van der Waals surface area contributed by atoms with E-state index in [9.17, 15) is 4.79 Å². The van der Waals surface area contributed by atoms with Crippen molar-refractivity contribution in [2.75, 3.05) is 0 Å². The van der Waals surface area contributed by atoms with Crippen LogP contribution < -0.4 is 11.1 Å². The second-order valence-electron chi connectivity index (χ2n) is 6.20. The van der Waals surface area contributed by atoms with Crippen molar-refractivity contribution < 1.29 is 4.79 Å². The van der Waals surface area contributed by atoms with Crippen molar-refractivity contribution in [3.63, 3.8) is 0 Å². The van der Waals surface area contributed by atoms with E-state index < -0.39 is 0 Å². The lowest BCUT2D eigenvalue weighted by Crippen LogP contribution is -2.37. The number of carbonyl (C=O) groups is 1. The van der Waals surface area contributed by atoms with E-state index in [1.54, 1.807) is 0 Å². The zero-order chi connectivity index (χ0) is 14.7. The first-order valence-electron chi connectivity index (χ1n) is 7.60. The summed E-state index contributed by atoms with van der Waals surface area (Å²) >= 11 is 0. The van der Waals surface area contributed by atoms with Crippen LogP contribution in [-0.2, 0) is 4.79 Å². The molecule has 0 aromatic heterocycles. The molecule has 0 aliphatic heterocycles. The smallest absolute Gasteiger partial charge is 0.223 e. The topological polar surface area (TPSA) is 55.1 Å². The molecule has 3 heteroatoms. The minimum atomic E-state index is 0.0682. The second-order valence-corrected chi connectivity index (χ2v) is 6.20. The van der Waals surface area contributed by atoms with Crippen molar-refractivity contribution in [3.05, 3.63) is 34.9 Å². The molecule has 20 heavy (non-hydrogen) atoms. The van der Waals surface area contributed by atoms with Gasteiger partial charge in [-0.05, 0) is 57.6 Å². The number of hydrogen-bond acceptors (Lipinski definition) is 2. The van der Waals surface area contributed by atoms with Crippen molar-refractivity contribution in [2.45, 2.75) is 58.5 Å². The molecule has 3 nitrogen and oxygen atoms in total. The van der Waals surface area contributed by atoms with Gasteiger partial charge < -0.3 is 11.1 Å². The summed E-state index contributed by atoms with van der Waals surface area (Å²) in [6.45, 7) is 6.25. The lowest BCUT2D eigenvalue weighted by atomic mass is 9.85. The number of amides is 1. The number of benzene rings is 1. The van der Waals surface area contributed by atoms with Crippen LogP contribution in [-0.4, -0.2) is 11.9 Å². The number of aryl methyl sites for hydroxylation is 2. The normalized spacial score (nSPS) is 24.2. The first kappa shape index (κ1) is 15.0. The van der Waals surface area contributed by atoms with Crippen LogP contribution >= 0.6 is 0 Å². The van der Waals surface area contributed by atoms with E-state index in [2.05, 4.69) is 44.3 Å². The molecular formula is C17H26N2O. The van der Waals surface area contributed by atoms with Crippen molar-refractivity contribution in [3.8, 4) is 0 Å². The molecule has 2 rings (SSSR count). The van der Waals surface area contributed by atoms with E-state index in [1.165, 1.54) is 16.7 Å². The Morgan fingerprint density at radius 1 is 1.25 bits per heavy atom. The lowest BCUT2D eigenvalue weighted by molar-refractivity contribution is -0.126. The standard InChI is InChI=1S/C17H26N2O/c1-11-4-9-16(12(2)10-11)13(3)19-17(20)14-5-7-15(18)8-6-14/h4,9-10,13-15H,5-8,18H2,1-3H3,(H,19,20). The highest BCUT2D eigenvalue weighted by atomic mass is 16.1. The second kappa shape index (κ2) is 6.40. The summed E-state index contributed by atoms with van der Waals surface area (Å²) < 4.78 is 0. The number of carbonyl (C=O) groups excluding carboxylic acids is 1. The zero-order valence-corrected chi connectivity index (χ0v) is 12.8. The monoisotopic (exact) mass is 274 g/mol. The average molecular weight is 274 g/mol. The SMILES string of the molecule is Cc1ccc(C(C)NC(=O)C2CCC(N)CC2)c(C)c1. The number of nitrogens with two attached hydrogens (primary N) is 1. The summed E-state index contributed by atoms with van der Waals surface area (Å²) in [6, 6.07) is 6.74. The quantitative estimate of drug-likeness (QED) is 0.890. The molecule has 110 valence electrons. The summed E-state index contributed by atoms with van der Waals surface area (Å²) in [5.41, 5.74) is 9.59. The Kier molecular flexibility index (Phi) is 4.81. The van der Waals surface area contributed by atoms with Gasteiger partial charge in [0.15, 0.2) is 0 Å². The molecule has 1 aromatic carbocycles. The Bertz CT molecular complexity index is 476. The van der Waals surface area contributed by atoms with Gasteiger partial charge in [-0.2, -0.15) is 0 Å². The highest BCUT2D eigenvalue weighted by Crippen LogP contribution is 2.25. The van der Waals surface area contributed by atoms with Crippen LogP contribution in [0.25, 0.3) is 0 Å². The maximum Gasteiger partial charge on any atom is 0.223 e. The van der Waals surface area contributed by atoms with E-state index in [1.807, 2.05) is 0 Å². The maximum atomic E-state index is 12.3. The van der Waals surface area contributed by atoms with Gasteiger partial charge in [-0.1, -0.05) is 23.8 Å². The Labute approximate surface area is 121 Å². The summed E-state index contributed by atoms with van der Waals surface area (Å²) in [5.74, 6) is 0.326. The fourth-order valence-electron chi connectivity index (χ4n) is 3.10. The van der Waals surface area contributed by atoms with Gasteiger partial charge >= 0.3 is 0 Å². The van der Waals surface area contributed by atoms with Crippen LogP contribution in [0.2, 0.25) is 0 Å². The van der Waals surface area contributed by atoms with Crippen molar-refractivity contribution in [2.24, 2.45) is 11.7 Å². The van der Waals surface area contributed by atoms with E-state index in [0.717, 1.165) is 25.7 Å². The van der Waals surface area contributed by atoms with Gasteiger partial charge in [-0.15, -0.1) is 0 Å². The van der Waals surface area contributed by atoms with Gasteiger partial charge in [-0.3, -0.25) is 4.79 Å². The molecule has 1 aromatic rings. The van der Waals surface area contributed by atoms with Crippen LogP contribution in [0.15, 0.2) is 18.2 Å². The van der Waals surface area contributed by atoms with E-state index in [0.29, 0.717) is 0 Å². The molecule has 1 amide bonds. The summed E-state index contributed by atoms with van der Waals surface area (Å²) in [6.07, 6.45) is 3.78. The fourth-order valence-corrected chi connectivity index (χ4v) is 3.10. The van der Waals surface area contributed by atoms with Crippen LogP contribution in [0.4, 0.5) is 0 Å². The third kappa shape index (κ3) is 3.60. The van der Waals surface area contributed by atoms with Crippen molar-refractivity contribution >= 4 is 5.91 Å². The average Bonchev–Trinajstić information content (AvgIpc) is 2.39. The van der Waals surface area contributed by atoms with Crippen LogP contribution in [0, 0.1) is 19.8 Å². The van der Waals surface area contributed by atoms with Gasteiger partial charge in [0.05, 0.1) is 6.04 Å². The molecule has 0 radical (unpaired) electrons. The summed E-state index contributed by atoms with van der Waals surface area (Å²) in [4.78, 5) is 12.3. The minimum absolute atomic E-state index is 0.0682. The van der Waals surface area contributed by atoms with E-state index >= 15 is 0 Å². The first-order chi connectivity index (χ1) is 9.47. The molecule has 1 unspecified atom stereocenters. The molecule has 1 saturated carbocycles. The van der Waals surface area contributed by atoms with Gasteiger partial charge in [0.1, 0.15) is 0 Å². The number of nitrogens with one attached hydrogen (secondary N) is 1. The van der Waals surface area contributed by atoms with Crippen LogP contribution in [0.5, 0.6) is 0 Å². The van der Waals surface area contributed by atoms with Crippen molar-refractivity contribution in [1.82, 2.24) is 5.32 Å². The fraction of sp³-hybridized carbons (Fsp3) is 0.588. The van der Waals surface area contributed by atoms with Gasteiger partial charge in [0, 0.05) is 12.0 Å². The van der Waals surface area contributed by atoms with Crippen LogP contribution in [0.1, 0.15) is 55.3 Å². The number of hydrogen-bond donors (Lipinski definition) is 2. The minimum Gasteiger partial charge on any atom is -0.349 e. The van der Waals surface area contributed by atoms with E-state index in [-0.39, 0.29) is 23.9 Å². The third-order valence-corrected chi connectivity index (χ3v) is 4.39. The molecular weight excluding hydrogens is 248 g/mol. The third-order valence-electron chi connectivity index (χ3n) is 4.39. The molecule has 0 saturated heterocycles. The lowest BCUT2D eigenvalue weighted by Gasteiger charge is -2.27. The Morgan fingerprint density at radius 3 is 2.50 bits per heavy atom. The Morgan fingerprint density at radius 2 is 1.90 bits per heavy atom. The molecule has 1 aliphatic rings. The first-order valence-corrected chi connectivity index (χ1v) is 7.60. The van der Waals surface area contributed by atoms with Gasteiger partial charge in [0.25, 0.3) is 0 Å². The highest BCUT2D eigenvalue weighted by Gasteiger charge is 2.25. The largest absolute Gasteiger partial charge is 0.349 e. The molecule has 0 spiro atoms. The van der Waals surface area contributed by atoms with Gasteiger partial charge in [0.2, 0.25) is 5.91 Å².